The van der Waals surface area contributed by atoms with Gasteiger partial charge in [-0.3, -0.25) is 0 Å². The molecular formula is C7H10OS. The van der Waals surface area contributed by atoms with E-state index in [-0.39, 0.29) is 6.10 Å². The molecule has 0 aromatic heterocycles. The van der Waals surface area contributed by atoms with Crippen molar-refractivity contribution in [1.82, 2.24) is 0 Å². The first-order valence-corrected chi connectivity index (χ1v) is 3.89. The summed E-state index contributed by atoms with van der Waals surface area (Å²) >= 11 is 5.09. The number of rotatable bonds is 0. The lowest BCUT2D eigenvalue weighted by Gasteiger charge is -2.16. The summed E-state index contributed by atoms with van der Waals surface area (Å²) in [6, 6.07) is 0. The highest BCUT2D eigenvalue weighted by Crippen LogP contribution is 2.42. The molecule has 3 atom stereocenters. The van der Waals surface area contributed by atoms with Crippen molar-refractivity contribution in [3.63, 3.8) is 0 Å². The van der Waals surface area contributed by atoms with E-state index >= 15 is 0 Å². The summed E-state index contributed by atoms with van der Waals surface area (Å²) in [4.78, 5) is 1.12. The van der Waals surface area contributed by atoms with Crippen molar-refractivity contribution in [3.05, 3.63) is 0 Å². The summed E-state index contributed by atoms with van der Waals surface area (Å²) in [6.45, 7) is 0. The Bertz CT molecular complexity index is 155. The molecule has 0 aliphatic heterocycles. The Morgan fingerprint density at radius 1 is 1.44 bits per heavy atom. The lowest BCUT2D eigenvalue weighted by atomic mass is 9.98. The van der Waals surface area contributed by atoms with E-state index in [2.05, 4.69) is 0 Å². The largest absolute Gasteiger partial charge is 0.392 e. The van der Waals surface area contributed by atoms with E-state index in [1.165, 1.54) is 6.42 Å². The van der Waals surface area contributed by atoms with Crippen LogP contribution in [0, 0.1) is 11.8 Å². The van der Waals surface area contributed by atoms with Crippen molar-refractivity contribution < 1.29 is 5.11 Å². The van der Waals surface area contributed by atoms with Gasteiger partial charge < -0.3 is 5.11 Å². The lowest BCUT2D eigenvalue weighted by molar-refractivity contribution is 0.151. The van der Waals surface area contributed by atoms with Crippen LogP contribution in [0.4, 0.5) is 0 Å². The minimum atomic E-state index is -0.0868. The van der Waals surface area contributed by atoms with Crippen LogP contribution in [0.2, 0.25) is 0 Å². The van der Waals surface area contributed by atoms with Gasteiger partial charge in [0.15, 0.2) is 0 Å². The summed E-state index contributed by atoms with van der Waals surface area (Å²) in [5, 5.41) is 9.30. The van der Waals surface area contributed by atoms with Crippen LogP contribution in [-0.4, -0.2) is 16.1 Å². The zero-order valence-electron chi connectivity index (χ0n) is 5.21. The summed E-state index contributed by atoms with van der Waals surface area (Å²) in [5.41, 5.74) is 0. The summed E-state index contributed by atoms with van der Waals surface area (Å²) in [5.74, 6) is 1.13. The molecule has 2 saturated carbocycles. The van der Waals surface area contributed by atoms with Crippen LogP contribution >= 0.6 is 12.2 Å². The van der Waals surface area contributed by atoms with Crippen molar-refractivity contribution in [1.29, 1.82) is 0 Å². The predicted octanol–water partition coefficient (Wildman–Crippen LogP) is 1.15. The third-order valence-electron chi connectivity index (χ3n) is 2.53. The maximum atomic E-state index is 9.30. The monoisotopic (exact) mass is 142 g/mol. The van der Waals surface area contributed by atoms with E-state index in [1.54, 1.807) is 0 Å². The fourth-order valence-corrected chi connectivity index (χ4v) is 2.56. The molecule has 2 fully saturated rings. The molecule has 0 aromatic carbocycles. The van der Waals surface area contributed by atoms with Crippen LogP contribution in [-0.2, 0) is 0 Å². The van der Waals surface area contributed by atoms with Crippen LogP contribution < -0.4 is 0 Å². The van der Waals surface area contributed by atoms with Gasteiger partial charge in [0.2, 0.25) is 0 Å². The Labute approximate surface area is 60.1 Å². The zero-order chi connectivity index (χ0) is 6.43. The second-order valence-electron chi connectivity index (χ2n) is 3.18. The van der Waals surface area contributed by atoms with Gasteiger partial charge in [-0.2, -0.15) is 0 Å². The summed E-state index contributed by atoms with van der Waals surface area (Å²) in [6.07, 6.45) is 3.19. The van der Waals surface area contributed by atoms with Gasteiger partial charge in [-0.1, -0.05) is 12.2 Å². The quantitative estimate of drug-likeness (QED) is 0.512. The molecule has 2 heteroatoms. The number of fused-ring (bicyclic) bond motifs is 2. The normalized spacial score (nSPS) is 48.6. The highest BCUT2D eigenvalue weighted by Gasteiger charge is 2.41. The van der Waals surface area contributed by atoms with Crippen LogP contribution in [0.15, 0.2) is 0 Å². The average molecular weight is 142 g/mol. The molecule has 2 aliphatic carbocycles. The topological polar surface area (TPSA) is 20.2 Å². The van der Waals surface area contributed by atoms with Crippen molar-refractivity contribution in [3.8, 4) is 0 Å². The molecule has 0 heterocycles. The van der Waals surface area contributed by atoms with E-state index in [1.807, 2.05) is 0 Å². The second kappa shape index (κ2) is 1.77. The predicted molar refractivity (Wildman–Crippen MR) is 39.4 cm³/mol. The van der Waals surface area contributed by atoms with Gasteiger partial charge in [0.05, 0.1) is 6.10 Å². The smallest absolute Gasteiger partial charge is 0.0616 e. The Balaban J connectivity index is 2.21. The number of hydrogen-bond acceptors (Lipinski definition) is 2. The molecule has 2 bridgehead atoms. The van der Waals surface area contributed by atoms with Gasteiger partial charge in [0.1, 0.15) is 0 Å². The van der Waals surface area contributed by atoms with E-state index in [9.17, 15) is 5.11 Å². The molecule has 50 valence electrons. The van der Waals surface area contributed by atoms with E-state index in [4.69, 9.17) is 12.2 Å². The summed E-state index contributed by atoms with van der Waals surface area (Å²) in [7, 11) is 0. The van der Waals surface area contributed by atoms with Gasteiger partial charge in [0.25, 0.3) is 0 Å². The van der Waals surface area contributed by atoms with Gasteiger partial charge in [0, 0.05) is 5.92 Å². The van der Waals surface area contributed by atoms with E-state index in [0.29, 0.717) is 5.92 Å². The molecule has 1 N–H and O–H groups in total. The van der Waals surface area contributed by atoms with Gasteiger partial charge in [-0.25, -0.2) is 0 Å². The van der Waals surface area contributed by atoms with Crippen LogP contribution in [0.1, 0.15) is 19.3 Å². The molecule has 0 spiro atoms. The fraction of sp³-hybridized carbons (Fsp3) is 0.857. The van der Waals surface area contributed by atoms with Gasteiger partial charge in [-0.15, -0.1) is 0 Å². The van der Waals surface area contributed by atoms with Gasteiger partial charge >= 0.3 is 0 Å². The summed E-state index contributed by atoms with van der Waals surface area (Å²) < 4.78 is 0. The molecule has 9 heavy (non-hydrogen) atoms. The number of aliphatic hydroxyl groups is 1. The fourth-order valence-electron chi connectivity index (χ4n) is 2.07. The van der Waals surface area contributed by atoms with Crippen molar-refractivity contribution in [2.45, 2.75) is 25.4 Å². The molecule has 0 unspecified atom stereocenters. The molecule has 0 aromatic rings. The molecule has 0 radical (unpaired) electrons. The molecule has 1 nitrogen and oxygen atoms in total. The molecule has 0 amide bonds. The Morgan fingerprint density at radius 2 is 2.22 bits per heavy atom. The molecule has 2 aliphatic rings. The van der Waals surface area contributed by atoms with E-state index in [0.717, 1.165) is 23.6 Å². The van der Waals surface area contributed by atoms with E-state index < -0.39 is 0 Å². The SMILES string of the molecule is O[C@@H]1C[C@H]2CC(=S)[C@@H]1C2. The van der Waals surface area contributed by atoms with Crippen molar-refractivity contribution in [2.24, 2.45) is 11.8 Å². The molecular weight excluding hydrogens is 132 g/mol. The molecule has 2 rings (SSSR count). The first-order valence-electron chi connectivity index (χ1n) is 3.48. The van der Waals surface area contributed by atoms with Crippen LogP contribution in [0.25, 0.3) is 0 Å². The minimum Gasteiger partial charge on any atom is -0.392 e. The highest BCUT2D eigenvalue weighted by molar-refractivity contribution is 7.80. The Kier molecular flexibility index (Phi) is 1.14. The number of aliphatic hydroxyl groups excluding tert-OH is 1. The maximum Gasteiger partial charge on any atom is 0.0616 e. The number of thiocarbonyl (C=S) groups is 1. The number of hydrogen-bond donors (Lipinski definition) is 1. The first kappa shape index (κ1) is 5.81. The second-order valence-corrected chi connectivity index (χ2v) is 3.71. The standard InChI is InChI=1S/C7H10OS/c8-6-2-4-1-5(6)7(9)3-4/h4-6,8H,1-3H2/t4-,5+,6+/m0/s1. The average Bonchev–Trinajstić information content (AvgIpc) is 2.22. The minimum absolute atomic E-state index is 0.0868. The zero-order valence-corrected chi connectivity index (χ0v) is 6.03. The maximum absolute atomic E-state index is 9.30. The molecule has 0 saturated heterocycles. The highest BCUT2D eigenvalue weighted by atomic mass is 32.1. The van der Waals surface area contributed by atoms with Gasteiger partial charge in [-0.05, 0) is 30.0 Å². The van der Waals surface area contributed by atoms with Crippen molar-refractivity contribution >= 4 is 17.1 Å². The Hall–Kier alpha value is 0.0500. The van der Waals surface area contributed by atoms with Crippen molar-refractivity contribution in [2.75, 3.05) is 0 Å². The van der Waals surface area contributed by atoms with Crippen LogP contribution in [0.3, 0.4) is 0 Å². The third kappa shape index (κ3) is 0.733. The first-order chi connectivity index (χ1) is 4.27. The third-order valence-corrected chi connectivity index (χ3v) is 3.00. The Morgan fingerprint density at radius 3 is 2.56 bits per heavy atom. The lowest BCUT2D eigenvalue weighted by Crippen LogP contribution is -2.22. The van der Waals surface area contributed by atoms with Crippen LogP contribution in [0.5, 0.6) is 0 Å².